The number of aryl methyl sites for hydroxylation is 1. The van der Waals surface area contributed by atoms with Crippen LogP contribution in [0.2, 0.25) is 10.0 Å². The molecular weight excluding hydrogens is 457 g/mol. The van der Waals surface area contributed by atoms with E-state index in [0.717, 1.165) is 48.1 Å². The second kappa shape index (κ2) is 13.7. The average molecular weight is 488 g/mol. The van der Waals surface area contributed by atoms with E-state index in [1.165, 1.54) is 5.56 Å². The van der Waals surface area contributed by atoms with Gasteiger partial charge in [0, 0.05) is 23.2 Å². The molecule has 6 heteroatoms. The third-order valence-corrected chi connectivity index (χ3v) is 6.04. The van der Waals surface area contributed by atoms with E-state index in [9.17, 15) is 10.2 Å². The van der Waals surface area contributed by atoms with Gasteiger partial charge in [-0.05, 0) is 65.8 Å². The fourth-order valence-electron chi connectivity index (χ4n) is 3.64. The Morgan fingerprint density at radius 3 is 2.48 bits per heavy atom. The van der Waals surface area contributed by atoms with Gasteiger partial charge in [-0.25, -0.2) is 0 Å². The molecular formula is C27H31Cl2NO3. The van der Waals surface area contributed by atoms with E-state index >= 15 is 0 Å². The molecule has 3 aromatic rings. The van der Waals surface area contributed by atoms with Crippen molar-refractivity contribution in [2.24, 2.45) is 0 Å². The van der Waals surface area contributed by atoms with Gasteiger partial charge in [-0.15, -0.1) is 0 Å². The van der Waals surface area contributed by atoms with Crippen molar-refractivity contribution in [3.05, 3.63) is 105 Å². The summed E-state index contributed by atoms with van der Waals surface area (Å²) in [5, 5.41) is 24.3. The molecule has 0 bridgehead atoms. The molecule has 0 aliphatic rings. The molecule has 4 nitrogen and oxygen atoms in total. The van der Waals surface area contributed by atoms with E-state index in [4.69, 9.17) is 27.9 Å². The first-order chi connectivity index (χ1) is 16.0. The highest BCUT2D eigenvalue weighted by atomic mass is 35.5. The van der Waals surface area contributed by atoms with Crippen LogP contribution in [0.4, 0.5) is 0 Å². The molecule has 3 rings (SSSR count). The van der Waals surface area contributed by atoms with Gasteiger partial charge in [0.15, 0.2) is 0 Å². The van der Waals surface area contributed by atoms with Crippen LogP contribution >= 0.6 is 23.2 Å². The van der Waals surface area contributed by atoms with Crippen molar-refractivity contribution in [2.75, 3.05) is 19.7 Å². The summed E-state index contributed by atoms with van der Waals surface area (Å²) >= 11 is 12.2. The first-order valence-corrected chi connectivity index (χ1v) is 12.0. The SMILES string of the molecule is OCc1cccc(C(O)CNCCc2cccc(COCCCc3ccc(Cl)cc3Cl)c2)c1. The van der Waals surface area contributed by atoms with Crippen molar-refractivity contribution in [3.63, 3.8) is 0 Å². The Hall–Kier alpha value is -1.92. The number of aliphatic hydroxyl groups excluding tert-OH is 2. The molecule has 0 fully saturated rings. The predicted molar refractivity (Wildman–Crippen MR) is 135 cm³/mol. The lowest BCUT2D eigenvalue weighted by molar-refractivity contribution is 0.118. The standard InChI is InChI=1S/C27H31Cl2NO3/c28-25-10-9-23(26(29)16-25)8-3-13-33-19-22-6-1-4-20(14-22)11-12-30-17-27(32)24-7-2-5-21(15-24)18-31/h1-2,4-7,9-10,14-16,27,30-32H,3,8,11-13,17-19H2. The molecule has 0 aliphatic carbocycles. The van der Waals surface area contributed by atoms with Crippen LogP contribution in [0.15, 0.2) is 66.7 Å². The quantitative estimate of drug-likeness (QED) is 0.278. The van der Waals surface area contributed by atoms with Gasteiger partial charge in [0.1, 0.15) is 0 Å². The average Bonchev–Trinajstić information content (AvgIpc) is 2.83. The molecule has 1 unspecified atom stereocenters. The smallest absolute Gasteiger partial charge is 0.0914 e. The van der Waals surface area contributed by atoms with Crippen molar-refractivity contribution in [1.29, 1.82) is 0 Å². The highest BCUT2D eigenvalue weighted by Crippen LogP contribution is 2.22. The van der Waals surface area contributed by atoms with Crippen molar-refractivity contribution < 1.29 is 14.9 Å². The van der Waals surface area contributed by atoms with Crippen LogP contribution in [0.5, 0.6) is 0 Å². The third-order valence-electron chi connectivity index (χ3n) is 5.46. The van der Waals surface area contributed by atoms with Crippen molar-refractivity contribution in [1.82, 2.24) is 5.32 Å². The number of nitrogens with one attached hydrogen (secondary N) is 1. The maximum absolute atomic E-state index is 10.3. The molecule has 0 saturated carbocycles. The summed E-state index contributed by atoms with van der Waals surface area (Å²) in [4.78, 5) is 0. The van der Waals surface area contributed by atoms with Crippen LogP contribution in [0.1, 0.15) is 40.3 Å². The van der Waals surface area contributed by atoms with Gasteiger partial charge in [0.25, 0.3) is 0 Å². The molecule has 0 spiro atoms. The summed E-state index contributed by atoms with van der Waals surface area (Å²) in [7, 11) is 0. The molecule has 0 heterocycles. The van der Waals surface area contributed by atoms with Crippen molar-refractivity contribution >= 4 is 23.2 Å². The van der Waals surface area contributed by atoms with Crippen LogP contribution in [0.3, 0.4) is 0 Å². The topological polar surface area (TPSA) is 61.7 Å². The molecule has 3 aromatic carbocycles. The zero-order valence-electron chi connectivity index (χ0n) is 18.6. The summed E-state index contributed by atoms with van der Waals surface area (Å²) in [5.74, 6) is 0. The Balaban J connectivity index is 1.34. The maximum atomic E-state index is 10.3. The van der Waals surface area contributed by atoms with Crippen molar-refractivity contribution in [3.8, 4) is 0 Å². The highest BCUT2D eigenvalue weighted by Gasteiger charge is 2.08. The predicted octanol–water partition coefficient (Wildman–Crippen LogP) is 5.50. The van der Waals surface area contributed by atoms with Crippen molar-refractivity contribution in [2.45, 2.75) is 38.6 Å². The molecule has 0 aliphatic heterocycles. The minimum absolute atomic E-state index is 0.0231. The summed E-state index contributed by atoms with van der Waals surface area (Å²) in [6.45, 7) is 2.46. The Kier molecular flexibility index (Phi) is 10.7. The lowest BCUT2D eigenvalue weighted by atomic mass is 10.1. The summed E-state index contributed by atoms with van der Waals surface area (Å²) in [5.41, 5.74) is 5.09. The number of halogens is 2. The van der Waals surface area contributed by atoms with Gasteiger partial charge in [0.05, 0.1) is 19.3 Å². The van der Waals surface area contributed by atoms with E-state index in [2.05, 4.69) is 29.6 Å². The molecule has 0 saturated heterocycles. The number of rotatable bonds is 13. The Morgan fingerprint density at radius 1 is 0.879 bits per heavy atom. The summed E-state index contributed by atoms with van der Waals surface area (Å²) in [6, 6.07) is 21.4. The van der Waals surface area contributed by atoms with Gasteiger partial charge in [-0.3, -0.25) is 0 Å². The van der Waals surface area contributed by atoms with E-state index in [1.807, 2.05) is 36.4 Å². The number of ether oxygens (including phenoxy) is 1. The Labute approximate surface area is 206 Å². The molecule has 1 atom stereocenters. The normalized spacial score (nSPS) is 12.1. The molecule has 0 radical (unpaired) electrons. The highest BCUT2D eigenvalue weighted by molar-refractivity contribution is 6.35. The van der Waals surface area contributed by atoms with E-state index < -0.39 is 6.10 Å². The number of aliphatic hydroxyl groups is 2. The molecule has 33 heavy (non-hydrogen) atoms. The minimum atomic E-state index is -0.598. The first-order valence-electron chi connectivity index (χ1n) is 11.2. The molecule has 0 amide bonds. The van der Waals surface area contributed by atoms with Gasteiger partial charge < -0.3 is 20.3 Å². The lowest BCUT2D eigenvalue weighted by Crippen LogP contribution is -2.23. The van der Waals surface area contributed by atoms with Crippen LogP contribution < -0.4 is 5.32 Å². The first kappa shape index (κ1) is 25.7. The molecule has 0 aromatic heterocycles. The lowest BCUT2D eigenvalue weighted by Gasteiger charge is -2.13. The van der Waals surface area contributed by atoms with Crippen LogP contribution in [0.25, 0.3) is 0 Å². The van der Waals surface area contributed by atoms with Crippen LogP contribution in [0, 0.1) is 0 Å². The second-order valence-corrected chi connectivity index (χ2v) is 8.93. The zero-order valence-corrected chi connectivity index (χ0v) is 20.2. The van der Waals surface area contributed by atoms with E-state index in [-0.39, 0.29) is 6.61 Å². The summed E-state index contributed by atoms with van der Waals surface area (Å²) in [6.07, 6.45) is 2.03. The number of hydrogen-bond acceptors (Lipinski definition) is 4. The fraction of sp³-hybridized carbons (Fsp3) is 0.333. The van der Waals surface area contributed by atoms with Crippen LogP contribution in [-0.2, 0) is 30.8 Å². The molecule has 3 N–H and O–H groups in total. The Bertz CT molecular complexity index is 1010. The van der Waals surface area contributed by atoms with Gasteiger partial charge >= 0.3 is 0 Å². The van der Waals surface area contributed by atoms with Gasteiger partial charge in [-0.1, -0.05) is 77.8 Å². The Morgan fingerprint density at radius 2 is 1.67 bits per heavy atom. The minimum Gasteiger partial charge on any atom is -0.392 e. The van der Waals surface area contributed by atoms with E-state index in [0.29, 0.717) is 29.8 Å². The zero-order chi connectivity index (χ0) is 23.5. The number of benzene rings is 3. The fourth-order valence-corrected chi connectivity index (χ4v) is 4.15. The monoisotopic (exact) mass is 487 g/mol. The molecule has 176 valence electrons. The van der Waals surface area contributed by atoms with Gasteiger partial charge in [-0.2, -0.15) is 0 Å². The summed E-state index contributed by atoms with van der Waals surface area (Å²) < 4.78 is 5.85. The van der Waals surface area contributed by atoms with Crippen LogP contribution in [-0.4, -0.2) is 29.9 Å². The largest absolute Gasteiger partial charge is 0.392 e. The van der Waals surface area contributed by atoms with E-state index in [1.54, 1.807) is 6.07 Å². The third kappa shape index (κ3) is 8.74. The maximum Gasteiger partial charge on any atom is 0.0914 e. The second-order valence-electron chi connectivity index (χ2n) is 8.08. The van der Waals surface area contributed by atoms with Gasteiger partial charge in [0.2, 0.25) is 0 Å². The number of hydrogen-bond donors (Lipinski definition) is 3.